The van der Waals surface area contributed by atoms with Gasteiger partial charge in [0, 0.05) is 31.6 Å². The maximum Gasteiger partial charge on any atom is 0.416 e. The molecule has 1 atom stereocenters. The Balaban J connectivity index is 1.62. The summed E-state index contributed by atoms with van der Waals surface area (Å²) in [5.74, 6) is -0.552. The molecule has 1 fully saturated rings. The predicted octanol–water partition coefficient (Wildman–Crippen LogP) is 3.37. The van der Waals surface area contributed by atoms with Crippen molar-refractivity contribution in [1.29, 1.82) is 0 Å². The molecule has 0 spiro atoms. The van der Waals surface area contributed by atoms with Crippen LogP contribution in [0, 0.1) is 5.92 Å². The van der Waals surface area contributed by atoms with Crippen LogP contribution in [0.15, 0.2) is 65.4 Å². The third-order valence-corrected chi connectivity index (χ3v) is 9.44. The number of alkyl halides is 3. The summed E-state index contributed by atoms with van der Waals surface area (Å²) in [6.07, 6.45) is -3.94. The second-order valence-corrected chi connectivity index (χ2v) is 13.3. The van der Waals surface area contributed by atoms with Crippen molar-refractivity contribution >= 4 is 26.0 Å². The highest BCUT2D eigenvalue weighted by Crippen LogP contribution is 2.30. The third-order valence-electron chi connectivity index (χ3n) is 6.56. The van der Waals surface area contributed by atoms with Gasteiger partial charge in [0.1, 0.15) is 0 Å². The normalized spacial score (nSPS) is 17.3. The van der Waals surface area contributed by atoms with Gasteiger partial charge in [-0.2, -0.15) is 17.5 Å². The highest BCUT2D eigenvalue weighted by Gasteiger charge is 2.34. The van der Waals surface area contributed by atoms with E-state index >= 15 is 0 Å². The Morgan fingerprint density at radius 2 is 1.61 bits per heavy atom. The zero-order valence-corrected chi connectivity index (χ0v) is 22.6. The molecular formula is C25H30F3N3O5S2. The van der Waals surface area contributed by atoms with Crippen LogP contribution in [0.1, 0.15) is 37.0 Å². The number of carbonyl (C=O) groups excluding carboxylic acids is 1. The molecule has 0 radical (unpaired) electrons. The van der Waals surface area contributed by atoms with E-state index in [-0.39, 0.29) is 42.9 Å². The number of nitrogens with zero attached hydrogens (tertiary/aromatic N) is 1. The molecule has 0 aliphatic carbocycles. The lowest BCUT2D eigenvalue weighted by Gasteiger charge is -2.25. The van der Waals surface area contributed by atoms with Gasteiger partial charge in [0.2, 0.25) is 26.0 Å². The summed E-state index contributed by atoms with van der Waals surface area (Å²) in [4.78, 5) is 12.9. The zero-order chi connectivity index (χ0) is 28.4. The Hall–Kier alpha value is -2.74. The number of amides is 1. The predicted molar refractivity (Wildman–Crippen MR) is 137 cm³/mol. The van der Waals surface area contributed by atoms with Crippen molar-refractivity contribution in [2.75, 3.05) is 19.6 Å². The Labute approximate surface area is 221 Å². The summed E-state index contributed by atoms with van der Waals surface area (Å²) in [5.41, 5.74) is -0.760. The molecule has 2 N–H and O–H groups in total. The minimum absolute atomic E-state index is 0.0337. The first-order valence-electron chi connectivity index (χ1n) is 11.7. The Morgan fingerprint density at radius 1 is 1.03 bits per heavy atom. The van der Waals surface area contributed by atoms with Crippen molar-refractivity contribution in [2.24, 2.45) is 5.92 Å². The fourth-order valence-electron chi connectivity index (χ4n) is 4.01. The summed E-state index contributed by atoms with van der Waals surface area (Å²) in [6, 6.07) is 10.4. The minimum Gasteiger partial charge on any atom is -0.351 e. The number of carbonyl (C=O) groups is 1. The van der Waals surface area contributed by atoms with Gasteiger partial charge in [-0.25, -0.2) is 21.6 Å². The molecule has 0 unspecified atom stereocenters. The maximum atomic E-state index is 13.1. The number of halogens is 3. The number of hydrogen-bond donors (Lipinski definition) is 2. The number of benzene rings is 2. The number of rotatable bonds is 10. The molecule has 1 amide bonds. The van der Waals surface area contributed by atoms with Gasteiger partial charge in [-0.15, -0.1) is 0 Å². The molecule has 38 heavy (non-hydrogen) atoms. The van der Waals surface area contributed by atoms with Crippen LogP contribution in [0.4, 0.5) is 13.2 Å². The van der Waals surface area contributed by atoms with Crippen molar-refractivity contribution in [3.63, 3.8) is 0 Å². The quantitative estimate of drug-likeness (QED) is 0.453. The molecule has 208 valence electrons. The highest BCUT2D eigenvalue weighted by atomic mass is 32.2. The molecule has 1 saturated heterocycles. The molecule has 13 heteroatoms. The van der Waals surface area contributed by atoms with E-state index in [9.17, 15) is 34.8 Å². The van der Waals surface area contributed by atoms with E-state index in [1.54, 1.807) is 26.0 Å². The van der Waals surface area contributed by atoms with Gasteiger partial charge in [-0.1, -0.05) is 30.8 Å². The van der Waals surface area contributed by atoms with Crippen molar-refractivity contribution in [1.82, 2.24) is 14.3 Å². The summed E-state index contributed by atoms with van der Waals surface area (Å²) in [5, 5.41) is 3.52. The Kier molecular flexibility index (Phi) is 8.76. The standard InChI is InChI=1S/C25H30F3N3O5S2/c1-4-37(33,34)30-16-19-13-14-31(17-19)38(35,36)22-11-9-20(10-12-22)24(2,3)23(32)29-15-18-5-7-21(8-6-18)25(26,27)28/h4-12,19,30H,1,13-17H2,2-3H3,(H,29,32)/t19-/m1/s1. The number of nitrogens with one attached hydrogen (secondary N) is 2. The molecule has 2 aromatic carbocycles. The molecule has 2 aromatic rings. The first-order chi connectivity index (χ1) is 17.6. The van der Waals surface area contributed by atoms with E-state index in [0.29, 0.717) is 17.5 Å². The summed E-state index contributed by atoms with van der Waals surface area (Å²) in [6.45, 7) is 7.11. The molecule has 0 bridgehead atoms. The Morgan fingerprint density at radius 3 is 2.16 bits per heavy atom. The van der Waals surface area contributed by atoms with E-state index in [4.69, 9.17) is 0 Å². The van der Waals surface area contributed by atoms with Gasteiger partial charge >= 0.3 is 6.18 Å². The van der Waals surface area contributed by atoms with Crippen molar-refractivity contribution in [2.45, 2.75) is 43.3 Å². The molecule has 0 saturated carbocycles. The Bertz CT molecular complexity index is 1370. The summed E-state index contributed by atoms with van der Waals surface area (Å²) < 4.78 is 91.2. The fourth-order valence-corrected chi connectivity index (χ4v) is 6.13. The number of sulfonamides is 2. The highest BCUT2D eigenvalue weighted by molar-refractivity contribution is 7.92. The average Bonchev–Trinajstić information content (AvgIpc) is 3.36. The van der Waals surface area contributed by atoms with Crippen LogP contribution in [0.2, 0.25) is 0 Å². The third kappa shape index (κ3) is 7.01. The summed E-state index contributed by atoms with van der Waals surface area (Å²) in [7, 11) is -7.41. The van der Waals surface area contributed by atoms with Gasteiger partial charge in [0.15, 0.2) is 0 Å². The van der Waals surface area contributed by atoms with E-state index in [0.717, 1.165) is 17.5 Å². The average molecular weight is 574 g/mol. The van der Waals surface area contributed by atoms with Crippen molar-refractivity contribution < 1.29 is 34.8 Å². The monoisotopic (exact) mass is 573 g/mol. The second-order valence-electron chi connectivity index (χ2n) is 9.60. The van der Waals surface area contributed by atoms with Crippen LogP contribution in [0.5, 0.6) is 0 Å². The lowest BCUT2D eigenvalue weighted by atomic mass is 9.83. The molecule has 3 rings (SSSR count). The molecule has 1 aliphatic heterocycles. The van der Waals surface area contributed by atoms with Gasteiger partial charge in [0.25, 0.3) is 0 Å². The van der Waals surface area contributed by atoms with E-state index in [1.807, 2.05) is 0 Å². The minimum atomic E-state index is -4.44. The zero-order valence-electron chi connectivity index (χ0n) is 21.0. The summed E-state index contributed by atoms with van der Waals surface area (Å²) >= 11 is 0. The fraction of sp³-hybridized carbons (Fsp3) is 0.400. The maximum absolute atomic E-state index is 13.1. The lowest BCUT2D eigenvalue weighted by molar-refractivity contribution is -0.137. The van der Waals surface area contributed by atoms with Crippen LogP contribution in [0.25, 0.3) is 0 Å². The topological polar surface area (TPSA) is 113 Å². The molecule has 0 aromatic heterocycles. The van der Waals surface area contributed by atoms with Gasteiger partial charge < -0.3 is 5.32 Å². The lowest BCUT2D eigenvalue weighted by Crippen LogP contribution is -2.39. The van der Waals surface area contributed by atoms with Gasteiger partial charge in [0.05, 0.1) is 15.9 Å². The SMILES string of the molecule is C=CS(=O)(=O)NC[C@H]1CCN(S(=O)(=O)c2ccc(C(C)(C)C(=O)NCc3ccc(C(F)(F)F)cc3)cc2)C1. The molecule has 8 nitrogen and oxygen atoms in total. The molecular weight excluding hydrogens is 543 g/mol. The van der Waals surface area contributed by atoms with E-state index in [1.165, 1.54) is 28.6 Å². The van der Waals surface area contributed by atoms with Gasteiger partial charge in [-0.05, 0) is 61.6 Å². The first kappa shape index (κ1) is 29.8. The van der Waals surface area contributed by atoms with Crippen LogP contribution in [-0.2, 0) is 43.0 Å². The van der Waals surface area contributed by atoms with Crippen LogP contribution < -0.4 is 10.0 Å². The smallest absolute Gasteiger partial charge is 0.351 e. The van der Waals surface area contributed by atoms with E-state index in [2.05, 4.69) is 16.6 Å². The van der Waals surface area contributed by atoms with Crippen molar-refractivity contribution in [3.05, 3.63) is 77.2 Å². The molecule has 1 aliphatic rings. The molecule has 1 heterocycles. The van der Waals surface area contributed by atoms with Crippen LogP contribution >= 0.6 is 0 Å². The van der Waals surface area contributed by atoms with E-state index < -0.39 is 37.2 Å². The van der Waals surface area contributed by atoms with Gasteiger partial charge in [-0.3, -0.25) is 4.79 Å². The van der Waals surface area contributed by atoms with Crippen LogP contribution in [0.3, 0.4) is 0 Å². The van der Waals surface area contributed by atoms with Crippen LogP contribution in [-0.4, -0.2) is 46.7 Å². The second kappa shape index (κ2) is 11.2. The number of hydrogen-bond acceptors (Lipinski definition) is 5. The first-order valence-corrected chi connectivity index (χ1v) is 14.7. The van der Waals surface area contributed by atoms with Crippen molar-refractivity contribution in [3.8, 4) is 0 Å². The largest absolute Gasteiger partial charge is 0.416 e.